The lowest BCUT2D eigenvalue weighted by Gasteiger charge is -2.22. The third-order valence-corrected chi connectivity index (χ3v) is 3.16. The Kier molecular flexibility index (Phi) is 5.72. The van der Waals surface area contributed by atoms with Gasteiger partial charge in [-0.15, -0.1) is 0 Å². The average Bonchev–Trinajstić information content (AvgIpc) is 2.54. The number of nitrogens with zero attached hydrogens (tertiary/aromatic N) is 1. The van der Waals surface area contributed by atoms with E-state index in [9.17, 15) is 9.59 Å². The van der Waals surface area contributed by atoms with Crippen molar-refractivity contribution in [2.45, 2.75) is 13.3 Å². The highest BCUT2D eigenvalue weighted by Crippen LogP contribution is 2.15. The Hall–Kier alpha value is -2.62. The van der Waals surface area contributed by atoms with Crippen LogP contribution < -0.4 is 4.90 Å². The predicted molar refractivity (Wildman–Crippen MR) is 85.6 cm³/mol. The van der Waals surface area contributed by atoms with Crippen molar-refractivity contribution >= 4 is 17.6 Å². The first-order valence-corrected chi connectivity index (χ1v) is 7.25. The first-order chi connectivity index (χ1) is 10.7. The van der Waals surface area contributed by atoms with Gasteiger partial charge in [0.1, 0.15) is 6.54 Å². The molecule has 0 bridgehead atoms. The lowest BCUT2D eigenvalue weighted by Crippen LogP contribution is -2.37. The molecule has 0 aliphatic rings. The van der Waals surface area contributed by atoms with E-state index in [4.69, 9.17) is 4.74 Å². The number of esters is 1. The van der Waals surface area contributed by atoms with E-state index in [1.165, 1.54) is 4.90 Å². The minimum Gasteiger partial charge on any atom is -0.465 e. The molecule has 1 amide bonds. The fraction of sp³-hybridized carbons (Fsp3) is 0.222. The van der Waals surface area contributed by atoms with Crippen molar-refractivity contribution in [1.29, 1.82) is 0 Å². The number of benzene rings is 2. The number of anilines is 1. The Morgan fingerprint density at radius 3 is 2.14 bits per heavy atom. The third kappa shape index (κ3) is 4.45. The van der Waals surface area contributed by atoms with Crippen LogP contribution in [0.25, 0.3) is 0 Å². The molecule has 0 aliphatic heterocycles. The van der Waals surface area contributed by atoms with Gasteiger partial charge in [-0.1, -0.05) is 48.5 Å². The second kappa shape index (κ2) is 7.98. The largest absolute Gasteiger partial charge is 0.465 e. The first kappa shape index (κ1) is 15.8. The molecule has 0 spiro atoms. The molecule has 0 atom stereocenters. The topological polar surface area (TPSA) is 46.6 Å². The van der Waals surface area contributed by atoms with Gasteiger partial charge in [0, 0.05) is 5.69 Å². The summed E-state index contributed by atoms with van der Waals surface area (Å²) in [7, 11) is 0. The fourth-order valence-corrected chi connectivity index (χ4v) is 2.13. The number of para-hydroxylation sites is 1. The Balaban J connectivity index is 2.16. The molecule has 2 aromatic carbocycles. The Bertz CT molecular complexity index is 611. The molecule has 0 unspecified atom stereocenters. The molecule has 0 radical (unpaired) electrons. The zero-order chi connectivity index (χ0) is 15.8. The van der Waals surface area contributed by atoms with E-state index in [2.05, 4.69) is 0 Å². The van der Waals surface area contributed by atoms with Crippen molar-refractivity contribution in [3.05, 3.63) is 66.2 Å². The normalized spacial score (nSPS) is 10.0. The van der Waals surface area contributed by atoms with Crippen LogP contribution in [0.5, 0.6) is 0 Å². The third-order valence-electron chi connectivity index (χ3n) is 3.16. The van der Waals surface area contributed by atoms with Crippen molar-refractivity contribution in [1.82, 2.24) is 0 Å². The molecule has 2 aromatic rings. The SMILES string of the molecule is CCOC(=O)CN(C(=O)Cc1ccccc1)c1ccccc1. The van der Waals surface area contributed by atoms with Gasteiger partial charge in [-0.05, 0) is 24.6 Å². The lowest BCUT2D eigenvalue weighted by atomic mass is 10.1. The number of carbonyl (C=O) groups is 2. The number of hydrogen-bond donors (Lipinski definition) is 0. The minimum atomic E-state index is -0.409. The van der Waals surface area contributed by atoms with Crippen LogP contribution in [-0.2, 0) is 20.7 Å². The van der Waals surface area contributed by atoms with Crippen LogP contribution in [0.4, 0.5) is 5.69 Å². The fourth-order valence-electron chi connectivity index (χ4n) is 2.13. The smallest absolute Gasteiger partial charge is 0.326 e. The van der Waals surface area contributed by atoms with E-state index in [0.29, 0.717) is 12.3 Å². The molecule has 0 saturated carbocycles. The van der Waals surface area contributed by atoms with Crippen LogP contribution in [0.2, 0.25) is 0 Å². The van der Waals surface area contributed by atoms with Gasteiger partial charge in [0.15, 0.2) is 0 Å². The maximum atomic E-state index is 12.6. The van der Waals surface area contributed by atoms with Crippen LogP contribution >= 0.6 is 0 Å². The van der Waals surface area contributed by atoms with Gasteiger partial charge < -0.3 is 9.64 Å². The quantitative estimate of drug-likeness (QED) is 0.770. The minimum absolute atomic E-state index is 0.0798. The van der Waals surface area contributed by atoms with Crippen LogP contribution in [-0.4, -0.2) is 25.0 Å². The highest BCUT2D eigenvalue weighted by molar-refractivity contribution is 5.98. The molecule has 4 heteroatoms. The summed E-state index contributed by atoms with van der Waals surface area (Å²) in [6.07, 6.45) is 0.245. The molecule has 0 N–H and O–H groups in total. The molecule has 0 saturated heterocycles. The highest BCUT2D eigenvalue weighted by Gasteiger charge is 2.19. The van der Waals surface area contributed by atoms with Gasteiger partial charge in [-0.25, -0.2) is 0 Å². The van der Waals surface area contributed by atoms with Crippen molar-refractivity contribution in [3.8, 4) is 0 Å². The lowest BCUT2D eigenvalue weighted by molar-refractivity contribution is -0.142. The van der Waals surface area contributed by atoms with Gasteiger partial charge in [0.05, 0.1) is 13.0 Å². The maximum absolute atomic E-state index is 12.6. The first-order valence-electron chi connectivity index (χ1n) is 7.25. The molecule has 0 heterocycles. The Morgan fingerprint density at radius 1 is 0.955 bits per heavy atom. The highest BCUT2D eigenvalue weighted by atomic mass is 16.5. The number of rotatable bonds is 6. The van der Waals surface area contributed by atoms with Gasteiger partial charge in [-0.3, -0.25) is 9.59 Å². The number of amides is 1. The van der Waals surface area contributed by atoms with Crippen LogP contribution in [0.15, 0.2) is 60.7 Å². The predicted octanol–water partition coefficient (Wildman–Crippen LogP) is 2.83. The molecule has 0 aliphatic carbocycles. The van der Waals surface area contributed by atoms with E-state index >= 15 is 0 Å². The Morgan fingerprint density at radius 2 is 1.55 bits per heavy atom. The molecule has 114 valence electrons. The summed E-state index contributed by atoms with van der Waals surface area (Å²) < 4.78 is 4.96. The van der Waals surface area contributed by atoms with Gasteiger partial charge in [-0.2, -0.15) is 0 Å². The maximum Gasteiger partial charge on any atom is 0.326 e. The number of hydrogen-bond acceptors (Lipinski definition) is 3. The summed E-state index contributed by atoms with van der Waals surface area (Å²) in [5.74, 6) is -0.543. The summed E-state index contributed by atoms with van der Waals surface area (Å²) in [5, 5.41) is 0. The monoisotopic (exact) mass is 297 g/mol. The molecule has 2 rings (SSSR count). The summed E-state index contributed by atoms with van der Waals surface area (Å²) >= 11 is 0. The average molecular weight is 297 g/mol. The van der Waals surface area contributed by atoms with Crippen molar-refractivity contribution in [3.63, 3.8) is 0 Å². The number of ether oxygens (including phenoxy) is 1. The Labute approximate surface area is 130 Å². The molecular formula is C18H19NO3. The molecule has 0 aromatic heterocycles. The summed E-state index contributed by atoms with van der Waals surface area (Å²) in [6.45, 7) is 1.97. The van der Waals surface area contributed by atoms with Crippen molar-refractivity contribution in [2.75, 3.05) is 18.1 Å². The van der Waals surface area contributed by atoms with Crippen LogP contribution in [0, 0.1) is 0 Å². The number of carbonyl (C=O) groups excluding carboxylic acids is 2. The standard InChI is InChI=1S/C18H19NO3/c1-2-22-18(21)14-19(16-11-7-4-8-12-16)17(20)13-15-9-5-3-6-10-15/h3-12H,2,13-14H2,1H3. The van der Waals surface area contributed by atoms with Crippen LogP contribution in [0.1, 0.15) is 12.5 Å². The van der Waals surface area contributed by atoms with Gasteiger partial charge >= 0.3 is 5.97 Å². The van der Waals surface area contributed by atoms with Crippen molar-refractivity contribution < 1.29 is 14.3 Å². The second-order valence-electron chi connectivity index (χ2n) is 4.78. The van der Waals surface area contributed by atoms with Gasteiger partial charge in [0.25, 0.3) is 0 Å². The summed E-state index contributed by atoms with van der Waals surface area (Å²) in [6, 6.07) is 18.6. The van der Waals surface area contributed by atoms with Gasteiger partial charge in [0.2, 0.25) is 5.91 Å². The molecule has 0 fully saturated rings. The molecular weight excluding hydrogens is 278 g/mol. The van der Waals surface area contributed by atoms with E-state index in [1.54, 1.807) is 6.92 Å². The second-order valence-corrected chi connectivity index (χ2v) is 4.78. The van der Waals surface area contributed by atoms with E-state index < -0.39 is 5.97 Å². The van der Waals surface area contributed by atoms with Crippen molar-refractivity contribution in [2.24, 2.45) is 0 Å². The molecule has 4 nitrogen and oxygen atoms in total. The van der Waals surface area contributed by atoms with E-state index in [-0.39, 0.29) is 18.9 Å². The van der Waals surface area contributed by atoms with Crippen LogP contribution in [0.3, 0.4) is 0 Å². The zero-order valence-electron chi connectivity index (χ0n) is 12.6. The van der Waals surface area contributed by atoms with E-state index in [0.717, 1.165) is 5.56 Å². The summed E-state index contributed by atoms with van der Waals surface area (Å²) in [5.41, 5.74) is 1.61. The molecule has 22 heavy (non-hydrogen) atoms. The zero-order valence-corrected chi connectivity index (χ0v) is 12.6. The summed E-state index contributed by atoms with van der Waals surface area (Å²) in [4.78, 5) is 25.8. The van der Waals surface area contributed by atoms with E-state index in [1.807, 2.05) is 60.7 Å².